The van der Waals surface area contributed by atoms with Crippen LogP contribution in [-0.4, -0.2) is 55.3 Å². The number of rotatable bonds is 5. The van der Waals surface area contributed by atoms with Crippen LogP contribution in [-0.2, 0) is 14.3 Å². The summed E-state index contributed by atoms with van der Waals surface area (Å²) in [5.41, 5.74) is 1.78. The molecule has 26 heavy (non-hydrogen) atoms. The van der Waals surface area contributed by atoms with Crippen LogP contribution in [0.15, 0.2) is 24.3 Å². The lowest BCUT2D eigenvalue weighted by molar-refractivity contribution is -0.124. The third kappa shape index (κ3) is 4.88. The fourth-order valence-electron chi connectivity index (χ4n) is 3.31. The molecule has 7 nitrogen and oxygen atoms in total. The molecule has 1 aromatic rings. The highest BCUT2D eigenvalue weighted by atomic mass is 16.6. The minimum absolute atomic E-state index is 0.0745. The second-order valence-corrected chi connectivity index (χ2v) is 6.67. The van der Waals surface area contributed by atoms with Gasteiger partial charge in [0, 0.05) is 37.1 Å². The molecule has 2 fully saturated rings. The Morgan fingerprint density at radius 1 is 1.15 bits per heavy atom. The lowest BCUT2D eigenvalue weighted by Gasteiger charge is -2.32. The SMILES string of the molecule is CCOC(=O)N1CCC(Nc2ccc(NC(=O)C3CCCO3)cc2)CC1. The van der Waals surface area contributed by atoms with Crippen LogP contribution in [0.3, 0.4) is 0 Å². The van der Waals surface area contributed by atoms with Crippen LogP contribution in [0.4, 0.5) is 16.2 Å². The standard InChI is InChI=1S/C19H27N3O4/c1-2-25-19(24)22-11-9-16(10-12-22)20-14-5-7-15(8-6-14)21-18(23)17-4-3-13-26-17/h5-8,16-17,20H,2-4,9-13H2,1H3,(H,21,23). The number of nitrogens with zero attached hydrogens (tertiary/aromatic N) is 1. The van der Waals surface area contributed by atoms with Gasteiger partial charge in [0.05, 0.1) is 6.61 Å². The maximum atomic E-state index is 12.1. The molecule has 2 saturated heterocycles. The van der Waals surface area contributed by atoms with Gasteiger partial charge in [0.2, 0.25) is 0 Å². The summed E-state index contributed by atoms with van der Waals surface area (Å²) in [6.07, 6.45) is 2.95. The van der Waals surface area contributed by atoms with E-state index in [1.165, 1.54) is 0 Å². The highest BCUT2D eigenvalue weighted by Gasteiger charge is 2.24. The number of hydrogen-bond acceptors (Lipinski definition) is 5. The van der Waals surface area contributed by atoms with Gasteiger partial charge in [0.15, 0.2) is 0 Å². The predicted octanol–water partition coefficient (Wildman–Crippen LogP) is 2.84. The molecule has 0 saturated carbocycles. The molecule has 0 radical (unpaired) electrons. The van der Waals surface area contributed by atoms with Gasteiger partial charge in [0.25, 0.3) is 5.91 Å². The number of likely N-dealkylation sites (tertiary alicyclic amines) is 1. The number of benzene rings is 1. The van der Waals surface area contributed by atoms with Crippen LogP contribution >= 0.6 is 0 Å². The third-order valence-electron chi connectivity index (χ3n) is 4.77. The highest BCUT2D eigenvalue weighted by Crippen LogP contribution is 2.20. The van der Waals surface area contributed by atoms with Crippen molar-refractivity contribution in [3.05, 3.63) is 24.3 Å². The summed E-state index contributed by atoms with van der Waals surface area (Å²) in [6, 6.07) is 8.03. The van der Waals surface area contributed by atoms with Crippen LogP contribution < -0.4 is 10.6 Å². The van der Waals surface area contributed by atoms with E-state index < -0.39 is 0 Å². The van der Waals surface area contributed by atoms with Gasteiger partial charge in [-0.05, 0) is 56.9 Å². The van der Waals surface area contributed by atoms with Gasteiger partial charge in [-0.3, -0.25) is 4.79 Å². The molecular weight excluding hydrogens is 334 g/mol. The number of piperidine rings is 1. The van der Waals surface area contributed by atoms with E-state index in [0.29, 0.717) is 32.3 Å². The van der Waals surface area contributed by atoms with Gasteiger partial charge in [-0.2, -0.15) is 0 Å². The average Bonchev–Trinajstić information content (AvgIpc) is 3.19. The summed E-state index contributed by atoms with van der Waals surface area (Å²) in [4.78, 5) is 25.5. The fourth-order valence-corrected chi connectivity index (χ4v) is 3.31. The maximum absolute atomic E-state index is 12.1. The van der Waals surface area contributed by atoms with Gasteiger partial charge in [0.1, 0.15) is 6.10 Å². The van der Waals surface area contributed by atoms with E-state index in [2.05, 4.69) is 10.6 Å². The number of amides is 2. The molecule has 142 valence electrons. The Morgan fingerprint density at radius 3 is 2.46 bits per heavy atom. The second kappa shape index (κ2) is 8.89. The molecule has 1 atom stereocenters. The molecule has 2 N–H and O–H groups in total. The molecule has 0 bridgehead atoms. The van der Waals surface area contributed by atoms with Gasteiger partial charge >= 0.3 is 6.09 Å². The number of ether oxygens (including phenoxy) is 2. The first-order chi connectivity index (χ1) is 12.7. The van der Waals surface area contributed by atoms with Crippen molar-refractivity contribution in [3.63, 3.8) is 0 Å². The molecular formula is C19H27N3O4. The fraction of sp³-hybridized carbons (Fsp3) is 0.579. The Labute approximate surface area is 154 Å². The monoisotopic (exact) mass is 361 g/mol. The van der Waals surface area contributed by atoms with Crippen molar-refractivity contribution in [1.29, 1.82) is 0 Å². The van der Waals surface area contributed by atoms with Gasteiger partial charge < -0.3 is 25.0 Å². The van der Waals surface area contributed by atoms with Crippen LogP contribution in [0.5, 0.6) is 0 Å². The molecule has 2 heterocycles. The molecule has 2 aliphatic rings. The molecule has 0 spiro atoms. The Morgan fingerprint density at radius 2 is 1.85 bits per heavy atom. The van der Waals surface area contributed by atoms with Crippen molar-refractivity contribution in [3.8, 4) is 0 Å². The third-order valence-corrected chi connectivity index (χ3v) is 4.77. The summed E-state index contributed by atoms with van der Waals surface area (Å²) in [5, 5.41) is 6.39. The van der Waals surface area contributed by atoms with Gasteiger partial charge in [-0.1, -0.05) is 0 Å². The number of hydrogen-bond donors (Lipinski definition) is 2. The Kier molecular flexibility index (Phi) is 6.33. The Hall–Kier alpha value is -2.28. The molecule has 0 aromatic heterocycles. The molecule has 3 rings (SSSR count). The number of nitrogens with one attached hydrogen (secondary N) is 2. The van der Waals surface area contributed by atoms with Crippen LogP contribution in [0, 0.1) is 0 Å². The lowest BCUT2D eigenvalue weighted by atomic mass is 10.0. The van der Waals surface area contributed by atoms with Crippen molar-refractivity contribution < 1.29 is 19.1 Å². The van der Waals surface area contributed by atoms with Crippen molar-refractivity contribution in [2.45, 2.75) is 44.8 Å². The highest BCUT2D eigenvalue weighted by molar-refractivity contribution is 5.94. The lowest BCUT2D eigenvalue weighted by Crippen LogP contribution is -2.42. The zero-order chi connectivity index (χ0) is 18.4. The molecule has 0 aliphatic carbocycles. The minimum atomic E-state index is -0.322. The summed E-state index contributed by atoms with van der Waals surface area (Å²) in [6.45, 7) is 4.29. The summed E-state index contributed by atoms with van der Waals surface area (Å²) >= 11 is 0. The molecule has 2 amide bonds. The van der Waals surface area contributed by atoms with Crippen LogP contribution in [0.25, 0.3) is 0 Å². The van der Waals surface area contributed by atoms with E-state index in [-0.39, 0.29) is 18.1 Å². The smallest absolute Gasteiger partial charge is 0.409 e. The summed E-state index contributed by atoms with van der Waals surface area (Å²) < 4.78 is 10.4. The Bertz CT molecular complexity index is 606. The van der Waals surface area contributed by atoms with E-state index in [9.17, 15) is 9.59 Å². The van der Waals surface area contributed by atoms with Crippen molar-refractivity contribution in [1.82, 2.24) is 4.90 Å². The van der Waals surface area contributed by atoms with E-state index >= 15 is 0 Å². The van der Waals surface area contributed by atoms with E-state index in [0.717, 1.165) is 37.1 Å². The quantitative estimate of drug-likeness (QED) is 0.843. The van der Waals surface area contributed by atoms with E-state index in [1.54, 1.807) is 4.90 Å². The molecule has 1 aromatic carbocycles. The molecule has 2 aliphatic heterocycles. The zero-order valence-electron chi connectivity index (χ0n) is 15.2. The number of anilines is 2. The predicted molar refractivity (Wildman–Crippen MR) is 99.3 cm³/mol. The van der Waals surface area contributed by atoms with E-state index in [1.807, 2.05) is 31.2 Å². The first kappa shape index (κ1) is 18.5. The first-order valence-electron chi connectivity index (χ1n) is 9.36. The first-order valence-corrected chi connectivity index (χ1v) is 9.36. The van der Waals surface area contributed by atoms with Gasteiger partial charge in [-0.25, -0.2) is 4.79 Å². The van der Waals surface area contributed by atoms with E-state index in [4.69, 9.17) is 9.47 Å². The normalized spacial score (nSPS) is 20.7. The van der Waals surface area contributed by atoms with Crippen LogP contribution in [0.1, 0.15) is 32.6 Å². The zero-order valence-corrected chi connectivity index (χ0v) is 15.2. The molecule has 1 unspecified atom stereocenters. The molecule has 7 heteroatoms. The largest absolute Gasteiger partial charge is 0.450 e. The van der Waals surface area contributed by atoms with Crippen molar-refractivity contribution in [2.24, 2.45) is 0 Å². The number of carbonyl (C=O) groups is 2. The average molecular weight is 361 g/mol. The van der Waals surface area contributed by atoms with Crippen molar-refractivity contribution >= 4 is 23.4 Å². The topological polar surface area (TPSA) is 79.9 Å². The van der Waals surface area contributed by atoms with Gasteiger partial charge in [-0.15, -0.1) is 0 Å². The summed E-state index contributed by atoms with van der Waals surface area (Å²) in [5.74, 6) is -0.0745. The van der Waals surface area contributed by atoms with Crippen LogP contribution in [0.2, 0.25) is 0 Å². The number of carbonyl (C=O) groups excluding carboxylic acids is 2. The minimum Gasteiger partial charge on any atom is -0.450 e. The summed E-state index contributed by atoms with van der Waals surface area (Å²) in [7, 11) is 0. The second-order valence-electron chi connectivity index (χ2n) is 6.67. The van der Waals surface area contributed by atoms with Crippen molar-refractivity contribution in [2.75, 3.05) is 36.9 Å². The maximum Gasteiger partial charge on any atom is 0.409 e. The Balaban J connectivity index is 1.44.